The van der Waals surface area contributed by atoms with E-state index in [1.807, 2.05) is 28.8 Å². The SMILES string of the molecule is O=[N+]([O-])c1ccc(-c2nc3ccccc3n2-c2ccc([N+](=O)[O-])cc2)cc1. The van der Waals surface area contributed by atoms with E-state index in [-0.39, 0.29) is 11.4 Å². The Balaban J connectivity index is 1.91. The van der Waals surface area contributed by atoms with E-state index >= 15 is 0 Å². The van der Waals surface area contributed by atoms with Crippen molar-refractivity contribution in [1.29, 1.82) is 0 Å². The van der Waals surface area contributed by atoms with E-state index in [0.717, 1.165) is 11.0 Å². The quantitative estimate of drug-likeness (QED) is 0.393. The first-order valence-electron chi connectivity index (χ1n) is 8.02. The monoisotopic (exact) mass is 360 g/mol. The second kappa shape index (κ2) is 6.34. The number of hydrogen-bond donors (Lipinski definition) is 0. The molecule has 0 saturated carbocycles. The third-order valence-corrected chi connectivity index (χ3v) is 4.22. The summed E-state index contributed by atoms with van der Waals surface area (Å²) >= 11 is 0. The molecule has 0 aliphatic carbocycles. The van der Waals surface area contributed by atoms with Gasteiger partial charge in [0.25, 0.3) is 11.4 Å². The third kappa shape index (κ3) is 2.89. The molecular formula is C19H12N4O4. The zero-order chi connectivity index (χ0) is 19.0. The summed E-state index contributed by atoms with van der Waals surface area (Å²) in [4.78, 5) is 25.6. The van der Waals surface area contributed by atoms with Crippen molar-refractivity contribution >= 4 is 22.4 Å². The summed E-state index contributed by atoms with van der Waals surface area (Å²) in [6.07, 6.45) is 0. The molecule has 0 unspecified atom stereocenters. The highest BCUT2D eigenvalue weighted by Gasteiger charge is 2.16. The summed E-state index contributed by atoms with van der Waals surface area (Å²) in [6.45, 7) is 0. The molecule has 1 heterocycles. The highest BCUT2D eigenvalue weighted by Crippen LogP contribution is 2.30. The van der Waals surface area contributed by atoms with Crippen LogP contribution in [0.2, 0.25) is 0 Å². The minimum absolute atomic E-state index is 0.0000526. The standard InChI is InChI=1S/C19H12N4O4/c24-22(25)15-7-5-13(6-8-15)19-20-17-3-1-2-4-18(17)21(19)14-9-11-16(12-10-14)23(26)27/h1-12H. The molecule has 1 aromatic heterocycles. The molecule has 0 aliphatic rings. The molecule has 8 heteroatoms. The molecule has 8 nitrogen and oxygen atoms in total. The van der Waals surface area contributed by atoms with Crippen LogP contribution >= 0.6 is 0 Å². The zero-order valence-electron chi connectivity index (χ0n) is 13.9. The van der Waals surface area contributed by atoms with Gasteiger partial charge < -0.3 is 0 Å². The number of fused-ring (bicyclic) bond motifs is 1. The number of aromatic nitrogens is 2. The van der Waals surface area contributed by atoms with Gasteiger partial charge in [-0.15, -0.1) is 0 Å². The van der Waals surface area contributed by atoms with E-state index < -0.39 is 9.85 Å². The Morgan fingerprint density at radius 1 is 0.741 bits per heavy atom. The molecule has 0 N–H and O–H groups in total. The molecule has 0 atom stereocenters. The average molecular weight is 360 g/mol. The van der Waals surface area contributed by atoms with Crippen molar-refractivity contribution in [2.24, 2.45) is 0 Å². The Kier molecular flexibility index (Phi) is 3.85. The fourth-order valence-electron chi connectivity index (χ4n) is 2.94. The molecule has 0 amide bonds. The van der Waals surface area contributed by atoms with E-state index in [2.05, 4.69) is 4.98 Å². The van der Waals surface area contributed by atoms with E-state index in [9.17, 15) is 20.2 Å². The maximum atomic E-state index is 10.9. The molecule has 0 fully saturated rings. The van der Waals surface area contributed by atoms with E-state index in [4.69, 9.17) is 0 Å². The Hall–Kier alpha value is -4.07. The van der Waals surface area contributed by atoms with Gasteiger partial charge in [0.1, 0.15) is 5.82 Å². The average Bonchev–Trinajstić information content (AvgIpc) is 3.07. The summed E-state index contributed by atoms with van der Waals surface area (Å²) in [5.74, 6) is 0.597. The van der Waals surface area contributed by atoms with Crippen LogP contribution in [0, 0.1) is 20.2 Å². The Morgan fingerprint density at radius 3 is 1.89 bits per heavy atom. The van der Waals surface area contributed by atoms with Gasteiger partial charge in [-0.05, 0) is 36.4 Å². The van der Waals surface area contributed by atoms with Gasteiger partial charge in [-0.1, -0.05) is 12.1 Å². The number of benzene rings is 3. The summed E-state index contributed by atoms with van der Waals surface area (Å²) in [5, 5.41) is 21.8. The molecule has 132 valence electrons. The smallest absolute Gasteiger partial charge is 0.269 e. The number of nitro benzene ring substituents is 2. The maximum absolute atomic E-state index is 10.9. The van der Waals surface area contributed by atoms with Gasteiger partial charge in [-0.25, -0.2) is 4.98 Å². The van der Waals surface area contributed by atoms with E-state index in [1.165, 1.54) is 24.3 Å². The number of para-hydroxylation sites is 2. The van der Waals surface area contributed by atoms with Crippen molar-refractivity contribution in [2.75, 3.05) is 0 Å². The summed E-state index contributed by atoms with van der Waals surface area (Å²) in [7, 11) is 0. The van der Waals surface area contributed by atoms with Crippen molar-refractivity contribution < 1.29 is 9.85 Å². The number of rotatable bonds is 4. The van der Waals surface area contributed by atoms with Crippen LogP contribution in [0.3, 0.4) is 0 Å². The number of imidazole rings is 1. The highest BCUT2D eigenvalue weighted by atomic mass is 16.6. The molecule has 3 aromatic carbocycles. The topological polar surface area (TPSA) is 104 Å². The largest absolute Gasteiger partial charge is 0.292 e. The fourth-order valence-corrected chi connectivity index (χ4v) is 2.94. The van der Waals surface area contributed by atoms with Crippen LogP contribution in [0.25, 0.3) is 28.1 Å². The number of nitrogens with zero attached hydrogens (tertiary/aromatic N) is 4. The van der Waals surface area contributed by atoms with Crippen LogP contribution < -0.4 is 0 Å². The molecule has 4 aromatic rings. The van der Waals surface area contributed by atoms with Gasteiger partial charge in [0, 0.05) is 35.5 Å². The molecule has 0 aliphatic heterocycles. The maximum Gasteiger partial charge on any atom is 0.269 e. The molecule has 27 heavy (non-hydrogen) atoms. The second-order valence-electron chi connectivity index (χ2n) is 5.84. The van der Waals surface area contributed by atoms with Crippen LogP contribution in [0.15, 0.2) is 72.8 Å². The van der Waals surface area contributed by atoms with Gasteiger partial charge in [-0.3, -0.25) is 24.8 Å². The lowest BCUT2D eigenvalue weighted by atomic mass is 10.2. The first-order valence-corrected chi connectivity index (χ1v) is 8.02. The molecule has 0 saturated heterocycles. The molecule has 0 spiro atoms. The van der Waals surface area contributed by atoms with Crippen molar-refractivity contribution in [3.63, 3.8) is 0 Å². The van der Waals surface area contributed by atoms with E-state index in [0.29, 0.717) is 17.1 Å². The predicted octanol–water partition coefficient (Wildman–Crippen LogP) is 4.51. The number of hydrogen-bond acceptors (Lipinski definition) is 5. The minimum Gasteiger partial charge on any atom is -0.292 e. The summed E-state index contributed by atoms with van der Waals surface area (Å²) in [6, 6.07) is 19.8. The predicted molar refractivity (Wildman–Crippen MR) is 99.8 cm³/mol. The van der Waals surface area contributed by atoms with Crippen molar-refractivity contribution in [3.05, 3.63) is 93.0 Å². The Labute approximate surface area is 152 Å². The van der Waals surface area contributed by atoms with E-state index in [1.54, 1.807) is 24.3 Å². The first-order chi connectivity index (χ1) is 13.0. The van der Waals surface area contributed by atoms with Crippen LogP contribution in [0.5, 0.6) is 0 Å². The number of nitro groups is 2. The molecule has 0 bridgehead atoms. The van der Waals surface area contributed by atoms with Crippen molar-refractivity contribution in [2.45, 2.75) is 0 Å². The first kappa shape index (κ1) is 16.4. The van der Waals surface area contributed by atoms with Crippen LogP contribution in [0.4, 0.5) is 11.4 Å². The Morgan fingerprint density at radius 2 is 1.30 bits per heavy atom. The van der Waals surface area contributed by atoms with Gasteiger partial charge >= 0.3 is 0 Å². The highest BCUT2D eigenvalue weighted by molar-refractivity contribution is 5.83. The molecule has 4 rings (SSSR count). The molecular weight excluding hydrogens is 348 g/mol. The van der Waals surface area contributed by atoms with Gasteiger partial charge in [0.05, 0.1) is 20.9 Å². The minimum atomic E-state index is -0.455. The van der Waals surface area contributed by atoms with Crippen molar-refractivity contribution in [3.8, 4) is 17.1 Å². The lowest BCUT2D eigenvalue weighted by Crippen LogP contribution is -1.98. The summed E-state index contributed by atoms with van der Waals surface area (Å²) in [5.41, 5.74) is 3.00. The Bertz CT molecular complexity index is 1160. The van der Waals surface area contributed by atoms with Crippen LogP contribution in [-0.2, 0) is 0 Å². The van der Waals surface area contributed by atoms with Crippen molar-refractivity contribution in [1.82, 2.24) is 9.55 Å². The summed E-state index contributed by atoms with van der Waals surface area (Å²) < 4.78 is 1.88. The van der Waals surface area contributed by atoms with Crippen LogP contribution in [-0.4, -0.2) is 19.4 Å². The van der Waals surface area contributed by atoms with Gasteiger partial charge in [0.2, 0.25) is 0 Å². The normalized spacial score (nSPS) is 10.8. The lowest BCUT2D eigenvalue weighted by Gasteiger charge is -2.09. The van der Waals surface area contributed by atoms with Gasteiger partial charge in [0.15, 0.2) is 0 Å². The lowest BCUT2D eigenvalue weighted by molar-refractivity contribution is -0.385. The molecule has 0 radical (unpaired) electrons. The van der Waals surface area contributed by atoms with Crippen LogP contribution in [0.1, 0.15) is 0 Å². The second-order valence-corrected chi connectivity index (χ2v) is 5.84. The third-order valence-electron chi connectivity index (χ3n) is 4.22. The van der Waals surface area contributed by atoms with Gasteiger partial charge in [-0.2, -0.15) is 0 Å². The fraction of sp³-hybridized carbons (Fsp3) is 0. The number of non-ortho nitro benzene ring substituents is 2. The zero-order valence-corrected chi connectivity index (χ0v) is 13.9.